The molecule has 2 heterocycles. The van der Waals surface area contributed by atoms with Gasteiger partial charge in [0.05, 0.1) is 6.20 Å². The summed E-state index contributed by atoms with van der Waals surface area (Å²) in [6, 6.07) is 3.49. The molecule has 0 fully saturated rings. The molecular formula is C13H20N4O2S2. The average Bonchev–Trinajstić information content (AvgIpc) is 3.04. The molecule has 0 aliphatic rings. The van der Waals surface area contributed by atoms with Crippen molar-refractivity contribution in [3.8, 4) is 0 Å². The Balaban J connectivity index is 2.04. The van der Waals surface area contributed by atoms with Gasteiger partial charge in [0, 0.05) is 36.3 Å². The molecule has 2 aromatic rings. The van der Waals surface area contributed by atoms with Crippen LogP contribution in [-0.2, 0) is 30.2 Å². The number of aryl methyl sites for hydroxylation is 1. The Kier molecular flexibility index (Phi) is 5.15. The molecule has 21 heavy (non-hydrogen) atoms. The molecule has 0 aromatic carbocycles. The van der Waals surface area contributed by atoms with Gasteiger partial charge < -0.3 is 5.32 Å². The van der Waals surface area contributed by atoms with E-state index in [1.54, 1.807) is 16.9 Å². The van der Waals surface area contributed by atoms with Gasteiger partial charge in [-0.3, -0.25) is 4.68 Å². The summed E-state index contributed by atoms with van der Waals surface area (Å²) >= 11 is 1.29. The number of aromatic nitrogens is 2. The average molecular weight is 328 g/mol. The van der Waals surface area contributed by atoms with Gasteiger partial charge in [0.25, 0.3) is 0 Å². The normalized spacial score (nSPS) is 12.0. The molecule has 0 amide bonds. The highest BCUT2D eigenvalue weighted by Gasteiger charge is 2.17. The van der Waals surface area contributed by atoms with E-state index in [4.69, 9.17) is 0 Å². The molecule has 0 saturated heterocycles. The predicted octanol–water partition coefficient (Wildman–Crippen LogP) is 1.38. The Morgan fingerprint density at radius 3 is 2.71 bits per heavy atom. The summed E-state index contributed by atoms with van der Waals surface area (Å²) in [4.78, 5) is 1.01. The lowest BCUT2D eigenvalue weighted by Crippen LogP contribution is -2.22. The minimum absolute atomic E-state index is 0.252. The van der Waals surface area contributed by atoms with E-state index in [-0.39, 0.29) is 6.54 Å². The minimum atomic E-state index is -3.47. The van der Waals surface area contributed by atoms with Crippen LogP contribution in [-0.4, -0.2) is 24.7 Å². The van der Waals surface area contributed by atoms with E-state index in [1.165, 1.54) is 11.3 Å². The van der Waals surface area contributed by atoms with Gasteiger partial charge in [-0.05, 0) is 25.6 Å². The summed E-state index contributed by atoms with van der Waals surface area (Å²) in [5.74, 6) is 0. The van der Waals surface area contributed by atoms with Crippen molar-refractivity contribution in [3.05, 3.63) is 34.5 Å². The Hall–Kier alpha value is -1.22. The van der Waals surface area contributed by atoms with Crippen LogP contribution in [0.4, 0.5) is 0 Å². The summed E-state index contributed by atoms with van der Waals surface area (Å²) in [5.41, 5.74) is 1.84. The molecule has 2 N–H and O–H groups in total. The molecule has 0 aliphatic carbocycles. The Morgan fingerprint density at radius 2 is 2.10 bits per heavy atom. The van der Waals surface area contributed by atoms with E-state index in [2.05, 4.69) is 15.1 Å². The highest BCUT2D eigenvalue weighted by atomic mass is 32.2. The molecule has 0 aliphatic heterocycles. The predicted molar refractivity (Wildman–Crippen MR) is 83.7 cm³/mol. The number of sulfonamides is 1. The second-order valence-electron chi connectivity index (χ2n) is 4.70. The van der Waals surface area contributed by atoms with Crippen molar-refractivity contribution < 1.29 is 8.42 Å². The van der Waals surface area contributed by atoms with Gasteiger partial charge in [0.15, 0.2) is 0 Å². The Morgan fingerprint density at radius 1 is 1.33 bits per heavy atom. The third-order valence-corrected chi connectivity index (χ3v) is 6.22. The van der Waals surface area contributed by atoms with Gasteiger partial charge in [0.1, 0.15) is 4.21 Å². The maximum Gasteiger partial charge on any atom is 0.250 e. The monoisotopic (exact) mass is 328 g/mol. The Labute approximate surface area is 129 Å². The van der Waals surface area contributed by atoms with Crippen LogP contribution in [0.25, 0.3) is 0 Å². The van der Waals surface area contributed by atoms with Crippen molar-refractivity contribution in [1.82, 2.24) is 19.8 Å². The number of nitrogens with zero attached hydrogens (tertiary/aromatic N) is 2. The van der Waals surface area contributed by atoms with E-state index in [9.17, 15) is 8.42 Å². The highest BCUT2D eigenvalue weighted by molar-refractivity contribution is 7.91. The third-order valence-electron chi connectivity index (χ3n) is 3.24. The van der Waals surface area contributed by atoms with Crippen molar-refractivity contribution in [1.29, 1.82) is 0 Å². The fourth-order valence-electron chi connectivity index (χ4n) is 1.81. The van der Waals surface area contributed by atoms with Gasteiger partial charge in [-0.25, -0.2) is 13.1 Å². The standard InChI is InChI=1S/C13H20N4O2S2/c1-4-14-9-12-5-6-13(20-12)21(18,19)16-8-11-7-15-17(3)10(11)2/h5-7,14,16H,4,8-9H2,1-3H3. The molecule has 116 valence electrons. The largest absolute Gasteiger partial charge is 0.312 e. The Bertz CT molecular complexity index is 704. The molecule has 8 heteroatoms. The van der Waals surface area contributed by atoms with Gasteiger partial charge in [0.2, 0.25) is 10.0 Å². The fourth-order valence-corrected chi connectivity index (χ4v) is 4.18. The SMILES string of the molecule is CCNCc1ccc(S(=O)(=O)NCc2cnn(C)c2C)s1. The van der Waals surface area contributed by atoms with Crippen LogP contribution in [0.3, 0.4) is 0 Å². The van der Waals surface area contributed by atoms with Crippen molar-refractivity contribution in [2.45, 2.75) is 31.1 Å². The molecule has 0 radical (unpaired) electrons. The third kappa shape index (κ3) is 3.91. The maximum atomic E-state index is 12.3. The zero-order chi connectivity index (χ0) is 15.5. The number of rotatable bonds is 7. The van der Waals surface area contributed by atoms with Crippen LogP contribution in [0.1, 0.15) is 23.1 Å². The molecule has 0 saturated carbocycles. The van der Waals surface area contributed by atoms with E-state index < -0.39 is 10.0 Å². The molecule has 6 nitrogen and oxygen atoms in total. The topological polar surface area (TPSA) is 76.0 Å². The van der Waals surface area contributed by atoms with Gasteiger partial charge >= 0.3 is 0 Å². The first-order chi connectivity index (χ1) is 9.94. The second-order valence-corrected chi connectivity index (χ2v) is 7.87. The van der Waals surface area contributed by atoms with Crippen molar-refractivity contribution in [2.75, 3.05) is 6.54 Å². The number of hydrogen-bond donors (Lipinski definition) is 2. The van der Waals surface area contributed by atoms with E-state index >= 15 is 0 Å². The first kappa shape index (κ1) is 16.2. The summed E-state index contributed by atoms with van der Waals surface area (Å²) in [6.45, 7) is 5.73. The first-order valence-electron chi connectivity index (χ1n) is 6.70. The lowest BCUT2D eigenvalue weighted by atomic mass is 10.3. The molecule has 0 atom stereocenters. The lowest BCUT2D eigenvalue weighted by Gasteiger charge is -2.04. The summed E-state index contributed by atoms with van der Waals surface area (Å²) in [6.07, 6.45) is 1.68. The van der Waals surface area contributed by atoms with E-state index in [0.29, 0.717) is 10.8 Å². The van der Waals surface area contributed by atoms with Crippen LogP contribution in [0, 0.1) is 6.92 Å². The highest BCUT2D eigenvalue weighted by Crippen LogP contribution is 2.21. The molecule has 0 bridgehead atoms. The molecule has 0 spiro atoms. The lowest BCUT2D eigenvalue weighted by molar-refractivity contribution is 0.583. The van der Waals surface area contributed by atoms with Crippen LogP contribution >= 0.6 is 11.3 Å². The number of thiophene rings is 1. The van der Waals surface area contributed by atoms with Crippen LogP contribution in [0.2, 0.25) is 0 Å². The molecule has 2 rings (SSSR count). The van der Waals surface area contributed by atoms with Gasteiger partial charge in [-0.15, -0.1) is 11.3 Å². The fraction of sp³-hybridized carbons (Fsp3) is 0.462. The van der Waals surface area contributed by atoms with Crippen molar-refractivity contribution >= 4 is 21.4 Å². The molecular weight excluding hydrogens is 308 g/mol. The van der Waals surface area contributed by atoms with Crippen LogP contribution < -0.4 is 10.0 Å². The minimum Gasteiger partial charge on any atom is -0.312 e. The first-order valence-corrected chi connectivity index (χ1v) is 9.00. The molecule has 2 aromatic heterocycles. The van der Waals surface area contributed by atoms with Crippen molar-refractivity contribution in [3.63, 3.8) is 0 Å². The van der Waals surface area contributed by atoms with Crippen LogP contribution in [0.15, 0.2) is 22.5 Å². The zero-order valence-electron chi connectivity index (χ0n) is 12.4. The smallest absolute Gasteiger partial charge is 0.250 e. The van der Waals surface area contributed by atoms with Gasteiger partial charge in [-0.1, -0.05) is 6.92 Å². The summed E-state index contributed by atoms with van der Waals surface area (Å²) < 4.78 is 29.2. The zero-order valence-corrected chi connectivity index (χ0v) is 14.0. The quantitative estimate of drug-likeness (QED) is 0.805. The van der Waals surface area contributed by atoms with Gasteiger partial charge in [-0.2, -0.15) is 5.10 Å². The maximum absolute atomic E-state index is 12.3. The number of nitrogens with one attached hydrogen (secondary N) is 2. The van der Waals surface area contributed by atoms with E-state index in [0.717, 1.165) is 22.7 Å². The summed E-state index contributed by atoms with van der Waals surface area (Å²) in [5, 5.41) is 7.29. The summed E-state index contributed by atoms with van der Waals surface area (Å²) in [7, 11) is -1.63. The second kappa shape index (κ2) is 6.69. The number of hydrogen-bond acceptors (Lipinski definition) is 5. The molecule has 0 unspecified atom stereocenters. The van der Waals surface area contributed by atoms with Crippen molar-refractivity contribution in [2.24, 2.45) is 7.05 Å². The van der Waals surface area contributed by atoms with E-state index in [1.807, 2.05) is 27.0 Å². The van der Waals surface area contributed by atoms with Crippen LogP contribution in [0.5, 0.6) is 0 Å².